The average molecular weight is 207 g/mol. The first-order valence-electron chi connectivity index (χ1n) is 5.31. The van der Waals surface area contributed by atoms with E-state index in [1.54, 1.807) is 0 Å². The molecular formula is C12H17NO2. The second-order valence-corrected chi connectivity index (χ2v) is 4.44. The molecule has 1 aliphatic rings. The van der Waals surface area contributed by atoms with Gasteiger partial charge in [0.25, 0.3) is 0 Å². The summed E-state index contributed by atoms with van der Waals surface area (Å²) >= 11 is 0. The van der Waals surface area contributed by atoms with Gasteiger partial charge in [-0.1, -0.05) is 24.3 Å². The van der Waals surface area contributed by atoms with E-state index in [2.05, 4.69) is 0 Å². The number of aliphatic hydroxyl groups excluding tert-OH is 1. The molecule has 1 atom stereocenters. The Bertz CT molecular complexity index is 347. The van der Waals surface area contributed by atoms with Crippen LogP contribution < -0.4 is 5.73 Å². The van der Waals surface area contributed by atoms with Crippen LogP contribution in [0.2, 0.25) is 0 Å². The third kappa shape index (κ3) is 2.56. The molecule has 1 aromatic carbocycles. The predicted molar refractivity (Wildman–Crippen MR) is 58.3 cm³/mol. The molecule has 0 spiro atoms. The summed E-state index contributed by atoms with van der Waals surface area (Å²) in [7, 11) is 0. The van der Waals surface area contributed by atoms with Crippen LogP contribution in [0, 0.1) is 0 Å². The van der Waals surface area contributed by atoms with Crippen molar-refractivity contribution in [3.05, 3.63) is 35.4 Å². The number of hydrogen-bond acceptors (Lipinski definition) is 3. The summed E-state index contributed by atoms with van der Waals surface area (Å²) in [6.07, 6.45) is 2.48. The van der Waals surface area contributed by atoms with E-state index in [1.807, 2.05) is 24.3 Å². The molecule has 3 nitrogen and oxygen atoms in total. The maximum atomic E-state index is 9.79. The summed E-state index contributed by atoms with van der Waals surface area (Å²) in [5, 5.41) is 18.7. The van der Waals surface area contributed by atoms with E-state index in [4.69, 9.17) is 10.8 Å². The van der Waals surface area contributed by atoms with Crippen LogP contribution in [0.3, 0.4) is 0 Å². The molecule has 15 heavy (non-hydrogen) atoms. The molecule has 0 aliphatic heterocycles. The second-order valence-electron chi connectivity index (χ2n) is 4.44. The van der Waals surface area contributed by atoms with Crippen LogP contribution in [-0.2, 0) is 6.42 Å². The van der Waals surface area contributed by atoms with Gasteiger partial charge >= 0.3 is 0 Å². The van der Waals surface area contributed by atoms with Crippen molar-refractivity contribution >= 4 is 0 Å². The quantitative estimate of drug-likeness (QED) is 0.682. The molecule has 0 bridgehead atoms. The van der Waals surface area contributed by atoms with Gasteiger partial charge in [-0.2, -0.15) is 0 Å². The maximum absolute atomic E-state index is 9.79. The molecule has 1 unspecified atom stereocenters. The van der Waals surface area contributed by atoms with Gasteiger partial charge in [0.1, 0.15) is 0 Å². The normalized spacial score (nSPS) is 19.9. The topological polar surface area (TPSA) is 66.5 Å². The highest BCUT2D eigenvalue weighted by Crippen LogP contribution is 2.38. The fourth-order valence-electron chi connectivity index (χ4n) is 1.74. The van der Waals surface area contributed by atoms with Crippen molar-refractivity contribution in [1.29, 1.82) is 0 Å². The highest BCUT2D eigenvalue weighted by atomic mass is 16.3. The van der Waals surface area contributed by atoms with Gasteiger partial charge in [0.2, 0.25) is 0 Å². The predicted octanol–water partition coefficient (Wildman–Crippen LogP) is 0.746. The van der Waals surface area contributed by atoms with Gasteiger partial charge in [0, 0.05) is 6.42 Å². The van der Waals surface area contributed by atoms with Crippen LogP contribution in [0.4, 0.5) is 0 Å². The Morgan fingerprint density at radius 2 is 2.13 bits per heavy atom. The third-order valence-electron chi connectivity index (χ3n) is 2.94. The van der Waals surface area contributed by atoms with E-state index in [1.165, 1.54) is 0 Å². The Kier molecular flexibility index (Phi) is 2.78. The summed E-state index contributed by atoms with van der Waals surface area (Å²) < 4.78 is 0. The summed E-state index contributed by atoms with van der Waals surface area (Å²) in [5.41, 5.74) is 7.28. The summed E-state index contributed by atoms with van der Waals surface area (Å²) in [6.45, 7) is -0.0479. The van der Waals surface area contributed by atoms with E-state index < -0.39 is 5.60 Å². The van der Waals surface area contributed by atoms with Crippen molar-refractivity contribution in [2.75, 3.05) is 6.61 Å². The standard InChI is InChI=1S/C12H17NO2/c13-11(8-14)10-3-1-2-9(6-10)7-12(15)4-5-12/h1-3,6,11,14-15H,4-5,7-8,13H2. The number of nitrogens with two attached hydrogens (primary N) is 1. The second kappa shape index (κ2) is 3.93. The van der Waals surface area contributed by atoms with Gasteiger partial charge in [-0.15, -0.1) is 0 Å². The Morgan fingerprint density at radius 1 is 1.40 bits per heavy atom. The van der Waals surface area contributed by atoms with Gasteiger partial charge < -0.3 is 15.9 Å². The molecule has 0 amide bonds. The number of rotatable bonds is 4. The molecule has 1 saturated carbocycles. The number of aliphatic hydroxyl groups is 2. The summed E-state index contributed by atoms with van der Waals surface area (Å²) in [6, 6.07) is 7.47. The Hall–Kier alpha value is -0.900. The molecule has 4 N–H and O–H groups in total. The van der Waals surface area contributed by atoms with E-state index in [-0.39, 0.29) is 12.6 Å². The number of benzene rings is 1. The minimum Gasteiger partial charge on any atom is -0.394 e. The fraction of sp³-hybridized carbons (Fsp3) is 0.500. The lowest BCUT2D eigenvalue weighted by molar-refractivity contribution is 0.151. The minimum absolute atomic E-state index is 0.0479. The van der Waals surface area contributed by atoms with E-state index in [0.29, 0.717) is 6.42 Å². The zero-order chi connectivity index (χ0) is 10.9. The molecule has 0 radical (unpaired) electrons. The van der Waals surface area contributed by atoms with Crippen molar-refractivity contribution in [3.63, 3.8) is 0 Å². The first-order chi connectivity index (χ1) is 7.13. The zero-order valence-corrected chi connectivity index (χ0v) is 8.69. The lowest BCUT2D eigenvalue weighted by Crippen LogP contribution is -2.15. The van der Waals surface area contributed by atoms with Crippen LogP contribution >= 0.6 is 0 Å². The fourth-order valence-corrected chi connectivity index (χ4v) is 1.74. The zero-order valence-electron chi connectivity index (χ0n) is 8.69. The first-order valence-corrected chi connectivity index (χ1v) is 5.31. The lowest BCUT2D eigenvalue weighted by Gasteiger charge is -2.12. The van der Waals surface area contributed by atoms with Crippen molar-refractivity contribution in [3.8, 4) is 0 Å². The molecule has 1 aliphatic carbocycles. The van der Waals surface area contributed by atoms with Gasteiger partial charge in [-0.25, -0.2) is 0 Å². The molecule has 1 fully saturated rings. The average Bonchev–Trinajstić information content (AvgIpc) is 2.95. The Balaban J connectivity index is 2.11. The SMILES string of the molecule is NC(CO)c1cccc(CC2(O)CC2)c1. The molecule has 1 aromatic rings. The first kappa shape index (κ1) is 10.6. The largest absolute Gasteiger partial charge is 0.394 e. The molecule has 0 heterocycles. The molecule has 0 aromatic heterocycles. The van der Waals surface area contributed by atoms with Crippen molar-refractivity contribution in [2.45, 2.75) is 30.9 Å². The van der Waals surface area contributed by atoms with Crippen LogP contribution in [0.1, 0.15) is 30.0 Å². The van der Waals surface area contributed by atoms with Crippen LogP contribution in [-0.4, -0.2) is 22.4 Å². The van der Waals surface area contributed by atoms with Crippen LogP contribution in [0.5, 0.6) is 0 Å². The molecule has 2 rings (SSSR count). The Morgan fingerprint density at radius 3 is 2.73 bits per heavy atom. The molecule has 82 valence electrons. The minimum atomic E-state index is -0.470. The molecule has 0 saturated heterocycles. The summed E-state index contributed by atoms with van der Waals surface area (Å²) in [5.74, 6) is 0. The monoisotopic (exact) mass is 207 g/mol. The number of hydrogen-bond donors (Lipinski definition) is 3. The van der Waals surface area contributed by atoms with Crippen molar-refractivity contribution in [1.82, 2.24) is 0 Å². The lowest BCUT2D eigenvalue weighted by atomic mass is 10.0. The highest BCUT2D eigenvalue weighted by molar-refractivity contribution is 5.28. The van der Waals surface area contributed by atoms with Gasteiger partial charge in [-0.05, 0) is 24.0 Å². The smallest absolute Gasteiger partial charge is 0.0690 e. The van der Waals surface area contributed by atoms with Gasteiger partial charge in [-0.3, -0.25) is 0 Å². The van der Waals surface area contributed by atoms with E-state index >= 15 is 0 Å². The van der Waals surface area contributed by atoms with Gasteiger partial charge in [0.15, 0.2) is 0 Å². The highest BCUT2D eigenvalue weighted by Gasteiger charge is 2.40. The Labute approximate surface area is 89.5 Å². The van der Waals surface area contributed by atoms with Gasteiger partial charge in [0.05, 0.1) is 18.2 Å². The maximum Gasteiger partial charge on any atom is 0.0690 e. The third-order valence-corrected chi connectivity index (χ3v) is 2.94. The van der Waals surface area contributed by atoms with Crippen molar-refractivity contribution < 1.29 is 10.2 Å². The van der Waals surface area contributed by atoms with E-state index in [9.17, 15) is 5.11 Å². The van der Waals surface area contributed by atoms with Crippen LogP contribution in [0.25, 0.3) is 0 Å². The molecular weight excluding hydrogens is 190 g/mol. The van der Waals surface area contributed by atoms with E-state index in [0.717, 1.165) is 24.0 Å². The van der Waals surface area contributed by atoms with Crippen molar-refractivity contribution in [2.24, 2.45) is 5.73 Å². The van der Waals surface area contributed by atoms with Crippen LogP contribution in [0.15, 0.2) is 24.3 Å². The molecule has 3 heteroatoms. The summed E-state index contributed by atoms with van der Waals surface area (Å²) in [4.78, 5) is 0.